The molecule has 4 rings (SSSR count). The Balaban J connectivity index is 2.10. The number of aromatic amines is 1. The predicted molar refractivity (Wildman–Crippen MR) is 90.8 cm³/mol. The van der Waals surface area contributed by atoms with Crippen molar-refractivity contribution in [1.82, 2.24) is 14.8 Å². The lowest BCUT2D eigenvalue weighted by Gasteiger charge is -2.07. The zero-order valence-electron chi connectivity index (χ0n) is 12.2. The first-order valence-electron chi connectivity index (χ1n) is 7.01. The summed E-state index contributed by atoms with van der Waals surface area (Å²) in [7, 11) is 1.57. The van der Waals surface area contributed by atoms with Crippen LogP contribution < -0.4 is 10.3 Å². The van der Waals surface area contributed by atoms with Gasteiger partial charge in [-0.3, -0.25) is 14.9 Å². The smallest absolute Gasteiger partial charge is 0.280 e. The number of pyridine rings is 1. The summed E-state index contributed by atoms with van der Waals surface area (Å²) in [6, 6.07) is 12.7. The SMILES string of the molecule is COc1ccccc1-n1[nH]c2c(cnc3ccc(Cl)cc32)c1=O. The highest BCUT2D eigenvalue weighted by Crippen LogP contribution is 2.26. The van der Waals surface area contributed by atoms with Gasteiger partial charge in [0.2, 0.25) is 0 Å². The Morgan fingerprint density at radius 1 is 1.17 bits per heavy atom. The lowest BCUT2D eigenvalue weighted by molar-refractivity contribution is 0.411. The maximum Gasteiger partial charge on any atom is 0.280 e. The number of ether oxygens (including phenoxy) is 1. The zero-order chi connectivity index (χ0) is 16.0. The van der Waals surface area contributed by atoms with Crippen molar-refractivity contribution in [3.8, 4) is 11.4 Å². The van der Waals surface area contributed by atoms with Crippen molar-refractivity contribution >= 4 is 33.4 Å². The summed E-state index contributed by atoms with van der Waals surface area (Å²) < 4.78 is 6.80. The highest BCUT2D eigenvalue weighted by atomic mass is 35.5. The molecule has 0 saturated carbocycles. The van der Waals surface area contributed by atoms with Gasteiger partial charge in [0.05, 0.1) is 23.5 Å². The van der Waals surface area contributed by atoms with Crippen molar-refractivity contribution in [2.24, 2.45) is 0 Å². The van der Waals surface area contributed by atoms with Crippen LogP contribution in [0.15, 0.2) is 53.5 Å². The minimum Gasteiger partial charge on any atom is -0.494 e. The Labute approximate surface area is 136 Å². The van der Waals surface area contributed by atoms with Gasteiger partial charge in [-0.25, -0.2) is 4.68 Å². The van der Waals surface area contributed by atoms with E-state index in [1.54, 1.807) is 31.5 Å². The monoisotopic (exact) mass is 325 g/mol. The second kappa shape index (κ2) is 5.14. The molecule has 114 valence electrons. The average Bonchev–Trinajstić information content (AvgIpc) is 2.92. The van der Waals surface area contributed by atoms with Crippen molar-refractivity contribution in [3.63, 3.8) is 0 Å². The summed E-state index contributed by atoms with van der Waals surface area (Å²) in [6.45, 7) is 0. The Kier molecular flexibility index (Phi) is 3.09. The van der Waals surface area contributed by atoms with E-state index < -0.39 is 0 Å². The summed E-state index contributed by atoms with van der Waals surface area (Å²) >= 11 is 6.08. The lowest BCUT2D eigenvalue weighted by Crippen LogP contribution is -2.15. The first kappa shape index (κ1) is 13.8. The number of halogens is 1. The quantitative estimate of drug-likeness (QED) is 0.613. The van der Waals surface area contributed by atoms with Crippen molar-refractivity contribution < 1.29 is 4.74 Å². The minimum absolute atomic E-state index is 0.182. The number of methoxy groups -OCH3 is 1. The summed E-state index contributed by atoms with van der Waals surface area (Å²) in [4.78, 5) is 17.1. The third-order valence-electron chi connectivity index (χ3n) is 3.81. The molecule has 0 atom stereocenters. The number of benzene rings is 2. The zero-order valence-corrected chi connectivity index (χ0v) is 13.0. The molecule has 0 aliphatic rings. The van der Waals surface area contributed by atoms with Crippen LogP contribution in [0.1, 0.15) is 0 Å². The van der Waals surface area contributed by atoms with Gasteiger partial charge in [-0.1, -0.05) is 23.7 Å². The van der Waals surface area contributed by atoms with Gasteiger partial charge in [0, 0.05) is 16.6 Å². The predicted octanol–water partition coefficient (Wildman–Crippen LogP) is 3.53. The number of aromatic nitrogens is 3. The highest BCUT2D eigenvalue weighted by Gasteiger charge is 2.14. The molecular weight excluding hydrogens is 314 g/mol. The van der Waals surface area contributed by atoms with Crippen molar-refractivity contribution in [2.45, 2.75) is 0 Å². The van der Waals surface area contributed by atoms with E-state index in [1.165, 1.54) is 4.68 Å². The lowest BCUT2D eigenvalue weighted by atomic mass is 10.2. The number of para-hydroxylation sites is 2. The molecule has 4 aromatic rings. The maximum absolute atomic E-state index is 12.7. The van der Waals surface area contributed by atoms with Gasteiger partial charge in [-0.15, -0.1) is 0 Å². The fourth-order valence-corrected chi connectivity index (χ4v) is 2.89. The molecule has 0 spiro atoms. The molecule has 0 radical (unpaired) electrons. The molecule has 0 aliphatic carbocycles. The molecule has 0 aliphatic heterocycles. The van der Waals surface area contributed by atoms with Crippen LogP contribution >= 0.6 is 11.6 Å². The summed E-state index contributed by atoms with van der Waals surface area (Å²) in [5, 5.41) is 5.06. The second-order valence-electron chi connectivity index (χ2n) is 5.13. The van der Waals surface area contributed by atoms with Gasteiger partial charge in [0.15, 0.2) is 0 Å². The van der Waals surface area contributed by atoms with Gasteiger partial charge >= 0.3 is 0 Å². The van der Waals surface area contributed by atoms with Crippen LogP contribution in [0.4, 0.5) is 0 Å². The van der Waals surface area contributed by atoms with Gasteiger partial charge in [0.25, 0.3) is 5.56 Å². The van der Waals surface area contributed by atoms with Gasteiger partial charge in [-0.2, -0.15) is 0 Å². The Bertz CT molecular complexity index is 1100. The molecule has 2 aromatic carbocycles. The van der Waals surface area contributed by atoms with Crippen LogP contribution in [0.2, 0.25) is 5.02 Å². The van der Waals surface area contributed by atoms with E-state index in [2.05, 4.69) is 10.1 Å². The Morgan fingerprint density at radius 3 is 2.83 bits per heavy atom. The number of hydrogen-bond acceptors (Lipinski definition) is 3. The van der Waals surface area contributed by atoms with Gasteiger partial charge in [0.1, 0.15) is 11.4 Å². The van der Waals surface area contributed by atoms with Crippen LogP contribution in [0.5, 0.6) is 5.75 Å². The second-order valence-corrected chi connectivity index (χ2v) is 5.57. The fourth-order valence-electron chi connectivity index (χ4n) is 2.71. The molecular formula is C17H12ClN3O2. The Morgan fingerprint density at radius 2 is 2.00 bits per heavy atom. The molecule has 0 amide bonds. The van der Waals surface area contributed by atoms with E-state index in [4.69, 9.17) is 16.3 Å². The van der Waals surface area contributed by atoms with Crippen molar-refractivity contribution in [3.05, 3.63) is 64.0 Å². The topological polar surface area (TPSA) is 59.9 Å². The molecule has 0 unspecified atom stereocenters. The standard InChI is InChI=1S/C17H12ClN3O2/c1-23-15-5-3-2-4-14(15)21-17(22)12-9-19-13-7-6-10(18)8-11(13)16(12)20-21/h2-9,20H,1H3. The third kappa shape index (κ3) is 2.09. The molecule has 6 heteroatoms. The van der Waals surface area contributed by atoms with E-state index in [1.807, 2.05) is 24.3 Å². The number of H-pyrrole nitrogens is 1. The van der Waals surface area contributed by atoms with E-state index in [0.29, 0.717) is 27.4 Å². The Hall–Kier alpha value is -2.79. The number of nitrogens with zero attached hydrogens (tertiary/aromatic N) is 2. The molecule has 5 nitrogen and oxygen atoms in total. The summed E-state index contributed by atoms with van der Waals surface area (Å²) in [5.41, 5.74) is 1.94. The normalized spacial score (nSPS) is 11.2. The van der Waals surface area contributed by atoms with Crippen LogP contribution in [0, 0.1) is 0 Å². The molecule has 1 N–H and O–H groups in total. The summed E-state index contributed by atoms with van der Waals surface area (Å²) in [5.74, 6) is 0.608. The maximum atomic E-state index is 12.7. The van der Waals surface area contributed by atoms with Crippen molar-refractivity contribution in [1.29, 1.82) is 0 Å². The van der Waals surface area contributed by atoms with Crippen LogP contribution in [-0.2, 0) is 0 Å². The number of hydrogen-bond donors (Lipinski definition) is 1. The number of nitrogens with one attached hydrogen (secondary N) is 1. The van der Waals surface area contributed by atoms with Gasteiger partial charge in [-0.05, 0) is 30.3 Å². The fraction of sp³-hybridized carbons (Fsp3) is 0.0588. The van der Waals surface area contributed by atoms with Crippen molar-refractivity contribution in [2.75, 3.05) is 7.11 Å². The van der Waals surface area contributed by atoms with E-state index >= 15 is 0 Å². The van der Waals surface area contributed by atoms with E-state index in [-0.39, 0.29) is 5.56 Å². The molecule has 0 fully saturated rings. The van der Waals surface area contributed by atoms with E-state index in [0.717, 1.165) is 10.9 Å². The summed E-state index contributed by atoms with van der Waals surface area (Å²) in [6.07, 6.45) is 1.58. The molecule has 0 saturated heterocycles. The molecule has 2 heterocycles. The average molecular weight is 326 g/mol. The minimum atomic E-state index is -0.182. The first-order chi connectivity index (χ1) is 11.2. The highest BCUT2D eigenvalue weighted by molar-refractivity contribution is 6.31. The van der Waals surface area contributed by atoms with Crippen LogP contribution in [-0.4, -0.2) is 21.9 Å². The number of fused-ring (bicyclic) bond motifs is 3. The molecule has 2 aromatic heterocycles. The largest absolute Gasteiger partial charge is 0.494 e. The van der Waals surface area contributed by atoms with Gasteiger partial charge < -0.3 is 4.74 Å². The number of rotatable bonds is 2. The third-order valence-corrected chi connectivity index (χ3v) is 4.05. The van der Waals surface area contributed by atoms with Crippen LogP contribution in [0.3, 0.4) is 0 Å². The van der Waals surface area contributed by atoms with Crippen LogP contribution in [0.25, 0.3) is 27.5 Å². The molecule has 0 bridgehead atoms. The first-order valence-corrected chi connectivity index (χ1v) is 7.39. The molecule has 23 heavy (non-hydrogen) atoms. The van der Waals surface area contributed by atoms with E-state index in [9.17, 15) is 4.79 Å².